The van der Waals surface area contributed by atoms with Crippen LogP contribution in [0.2, 0.25) is 5.02 Å². The minimum Gasteiger partial charge on any atom is -0.463 e. The molecule has 2 amide bonds. The number of amides is 2. The molecule has 0 saturated carbocycles. The highest BCUT2D eigenvalue weighted by Gasteiger charge is 2.17. The average Bonchev–Trinajstić information content (AvgIpc) is 3.26. The Morgan fingerprint density at radius 3 is 2.41 bits per heavy atom. The Hall–Kier alpha value is -3.71. The molecule has 0 bridgehead atoms. The van der Waals surface area contributed by atoms with Crippen LogP contribution < -0.4 is 10.9 Å². The fourth-order valence-electron chi connectivity index (χ4n) is 2.84. The van der Waals surface area contributed by atoms with Crippen molar-refractivity contribution >= 4 is 34.3 Å². The molecular formula is C21H13ClFN3O3. The van der Waals surface area contributed by atoms with Gasteiger partial charge >= 0.3 is 0 Å². The van der Waals surface area contributed by atoms with E-state index in [9.17, 15) is 14.0 Å². The van der Waals surface area contributed by atoms with Crippen molar-refractivity contribution in [1.82, 2.24) is 15.8 Å². The molecule has 8 heteroatoms. The highest BCUT2D eigenvalue weighted by Crippen LogP contribution is 2.25. The van der Waals surface area contributed by atoms with Gasteiger partial charge in [-0.3, -0.25) is 20.4 Å². The summed E-state index contributed by atoms with van der Waals surface area (Å²) in [6.07, 6.45) is 1.51. The van der Waals surface area contributed by atoms with Crippen molar-refractivity contribution in [1.29, 1.82) is 0 Å². The number of hydrogen-bond acceptors (Lipinski definition) is 4. The quantitative estimate of drug-likeness (QED) is 0.492. The maximum Gasteiger partial charge on any atom is 0.271 e. The maximum atomic E-state index is 13.1. The van der Waals surface area contributed by atoms with Crippen LogP contribution in [0, 0.1) is 5.82 Å². The second kappa shape index (κ2) is 7.73. The first-order valence-corrected chi connectivity index (χ1v) is 8.90. The highest BCUT2D eigenvalue weighted by atomic mass is 35.5. The van der Waals surface area contributed by atoms with Crippen molar-refractivity contribution < 1.29 is 18.4 Å². The van der Waals surface area contributed by atoms with Gasteiger partial charge in [-0.2, -0.15) is 0 Å². The summed E-state index contributed by atoms with van der Waals surface area (Å²) in [5.74, 6) is -1.29. The summed E-state index contributed by atoms with van der Waals surface area (Å²) in [4.78, 5) is 29.6. The number of benzene rings is 2. The number of para-hydroxylation sites is 1. The molecule has 0 unspecified atom stereocenters. The van der Waals surface area contributed by atoms with Crippen molar-refractivity contribution in [2.75, 3.05) is 0 Å². The molecule has 4 aromatic rings. The number of hydrazine groups is 1. The molecule has 0 radical (unpaired) electrons. The third-order valence-corrected chi connectivity index (χ3v) is 4.51. The summed E-state index contributed by atoms with van der Waals surface area (Å²) in [5.41, 5.74) is 6.05. The zero-order valence-electron chi connectivity index (χ0n) is 14.8. The van der Waals surface area contributed by atoms with Gasteiger partial charge in [0.1, 0.15) is 11.5 Å². The Bertz CT molecular complexity index is 1230. The SMILES string of the molecule is O=C(NNC(=O)c1cc(-c2ccco2)nc2ccccc12)c1ccc(F)cc1Cl. The van der Waals surface area contributed by atoms with Gasteiger partial charge in [-0.15, -0.1) is 0 Å². The molecule has 4 rings (SSSR count). The maximum absolute atomic E-state index is 13.1. The summed E-state index contributed by atoms with van der Waals surface area (Å²) in [7, 11) is 0. The average molecular weight is 410 g/mol. The van der Waals surface area contributed by atoms with E-state index in [1.165, 1.54) is 12.3 Å². The zero-order chi connectivity index (χ0) is 20.4. The first-order chi connectivity index (χ1) is 14.0. The Kier molecular flexibility index (Phi) is 4.97. The molecule has 0 aliphatic heterocycles. The first kappa shape index (κ1) is 18.6. The molecule has 2 aromatic heterocycles. The number of hydrogen-bond donors (Lipinski definition) is 2. The van der Waals surface area contributed by atoms with Gasteiger partial charge in [0.25, 0.3) is 11.8 Å². The fraction of sp³-hybridized carbons (Fsp3) is 0. The largest absolute Gasteiger partial charge is 0.463 e. The van der Waals surface area contributed by atoms with Crippen molar-refractivity contribution in [2.24, 2.45) is 0 Å². The van der Waals surface area contributed by atoms with Crippen LogP contribution in [0.3, 0.4) is 0 Å². The van der Waals surface area contributed by atoms with Crippen LogP contribution in [0.5, 0.6) is 0 Å². The lowest BCUT2D eigenvalue weighted by Gasteiger charge is -2.11. The predicted octanol–water partition coefficient (Wildman–Crippen LogP) is 4.36. The third-order valence-electron chi connectivity index (χ3n) is 4.20. The van der Waals surface area contributed by atoms with Crippen molar-refractivity contribution in [2.45, 2.75) is 0 Å². The van der Waals surface area contributed by atoms with Crippen molar-refractivity contribution in [3.05, 3.63) is 88.9 Å². The molecular weight excluding hydrogens is 397 g/mol. The molecule has 0 aliphatic rings. The Labute approximate surface area is 169 Å². The number of rotatable bonds is 3. The standard InChI is InChI=1S/C21H13ClFN3O3/c22-16-10-12(23)7-8-14(16)20(27)25-26-21(28)15-11-18(19-6-3-9-29-19)24-17-5-2-1-4-13(15)17/h1-11H,(H,25,27)(H,26,28). The van der Waals surface area contributed by atoms with E-state index in [4.69, 9.17) is 16.0 Å². The molecule has 0 fully saturated rings. The van der Waals surface area contributed by atoms with Gasteiger partial charge in [0.2, 0.25) is 0 Å². The van der Waals surface area contributed by atoms with Crippen LogP contribution >= 0.6 is 11.6 Å². The van der Waals surface area contributed by atoms with Crippen LogP contribution in [0.25, 0.3) is 22.4 Å². The van der Waals surface area contributed by atoms with Crippen molar-refractivity contribution in [3.8, 4) is 11.5 Å². The van der Waals surface area contributed by atoms with Gasteiger partial charge in [-0.25, -0.2) is 9.37 Å². The molecule has 0 atom stereocenters. The topological polar surface area (TPSA) is 84.2 Å². The molecule has 6 nitrogen and oxygen atoms in total. The molecule has 29 heavy (non-hydrogen) atoms. The van der Waals surface area contributed by atoms with E-state index in [2.05, 4.69) is 15.8 Å². The highest BCUT2D eigenvalue weighted by molar-refractivity contribution is 6.33. The Balaban J connectivity index is 1.62. The Morgan fingerprint density at radius 1 is 0.931 bits per heavy atom. The van der Waals surface area contributed by atoms with Crippen molar-refractivity contribution in [3.63, 3.8) is 0 Å². The Morgan fingerprint density at radius 2 is 1.69 bits per heavy atom. The molecule has 144 valence electrons. The number of nitrogens with zero attached hydrogens (tertiary/aromatic N) is 1. The smallest absolute Gasteiger partial charge is 0.271 e. The molecule has 0 spiro atoms. The number of fused-ring (bicyclic) bond motifs is 1. The third kappa shape index (κ3) is 3.81. The van der Waals surface area contributed by atoms with Gasteiger partial charge in [-0.1, -0.05) is 29.8 Å². The van der Waals surface area contributed by atoms with E-state index in [1.54, 1.807) is 42.5 Å². The van der Waals surface area contributed by atoms with Crippen LogP contribution in [0.15, 0.2) is 71.3 Å². The minimum atomic E-state index is -0.673. The fourth-order valence-corrected chi connectivity index (χ4v) is 3.09. The van der Waals surface area contributed by atoms with Gasteiger partial charge in [0, 0.05) is 5.39 Å². The second-order valence-electron chi connectivity index (χ2n) is 6.08. The van der Waals surface area contributed by atoms with Gasteiger partial charge < -0.3 is 4.42 Å². The van der Waals surface area contributed by atoms with E-state index in [0.29, 0.717) is 27.9 Å². The number of aromatic nitrogens is 1. The molecule has 2 N–H and O–H groups in total. The normalized spacial score (nSPS) is 10.7. The van der Waals surface area contributed by atoms with Gasteiger partial charge in [0.15, 0.2) is 5.76 Å². The summed E-state index contributed by atoms with van der Waals surface area (Å²) in [6, 6.07) is 15.5. The lowest BCUT2D eigenvalue weighted by Crippen LogP contribution is -2.41. The zero-order valence-corrected chi connectivity index (χ0v) is 15.5. The predicted molar refractivity (Wildman–Crippen MR) is 106 cm³/mol. The van der Waals surface area contributed by atoms with E-state index in [0.717, 1.165) is 12.1 Å². The lowest BCUT2D eigenvalue weighted by atomic mass is 10.1. The number of carbonyl (C=O) groups excluding carboxylic acids is 2. The number of nitrogens with one attached hydrogen (secondary N) is 2. The minimum absolute atomic E-state index is 0.0317. The number of carbonyl (C=O) groups is 2. The monoisotopic (exact) mass is 409 g/mol. The molecule has 2 aromatic carbocycles. The first-order valence-electron chi connectivity index (χ1n) is 8.52. The van der Waals surface area contributed by atoms with Crippen LogP contribution in [0.1, 0.15) is 20.7 Å². The van der Waals surface area contributed by atoms with Crippen LogP contribution in [-0.4, -0.2) is 16.8 Å². The van der Waals surface area contributed by atoms with E-state index >= 15 is 0 Å². The van der Waals surface area contributed by atoms with E-state index in [-0.39, 0.29) is 10.6 Å². The second-order valence-corrected chi connectivity index (χ2v) is 6.49. The lowest BCUT2D eigenvalue weighted by molar-refractivity contribution is 0.0847. The summed E-state index contributed by atoms with van der Waals surface area (Å²) >= 11 is 5.88. The number of furan rings is 1. The number of pyridine rings is 1. The molecule has 2 heterocycles. The van der Waals surface area contributed by atoms with Crippen LogP contribution in [0.4, 0.5) is 4.39 Å². The molecule has 0 aliphatic carbocycles. The van der Waals surface area contributed by atoms with E-state index < -0.39 is 17.6 Å². The number of halogens is 2. The van der Waals surface area contributed by atoms with Crippen LogP contribution in [-0.2, 0) is 0 Å². The van der Waals surface area contributed by atoms with Gasteiger partial charge in [-0.05, 0) is 42.5 Å². The van der Waals surface area contributed by atoms with Gasteiger partial charge in [0.05, 0.1) is 27.9 Å². The van der Waals surface area contributed by atoms with E-state index in [1.807, 2.05) is 0 Å². The molecule has 0 saturated heterocycles. The summed E-state index contributed by atoms with van der Waals surface area (Å²) < 4.78 is 18.5. The summed E-state index contributed by atoms with van der Waals surface area (Å²) in [6.45, 7) is 0. The summed E-state index contributed by atoms with van der Waals surface area (Å²) in [5, 5.41) is 0.542.